The van der Waals surface area contributed by atoms with E-state index in [1.807, 2.05) is 40.8 Å². The number of nitrogens with one attached hydrogen (secondary N) is 1. The van der Waals surface area contributed by atoms with Gasteiger partial charge in [0.25, 0.3) is 5.91 Å². The second-order valence-electron chi connectivity index (χ2n) is 5.85. The topological polar surface area (TPSA) is 68.5 Å². The summed E-state index contributed by atoms with van der Waals surface area (Å²) in [5.74, 6) is -0.137. The SMILES string of the molecule is COCCCNC(=O)c1cc2cnccc2n2c1nc1ccccc12. The van der Waals surface area contributed by atoms with Gasteiger partial charge in [0.15, 0.2) is 5.65 Å². The number of hydrogen-bond acceptors (Lipinski definition) is 4. The van der Waals surface area contributed by atoms with E-state index in [-0.39, 0.29) is 5.91 Å². The van der Waals surface area contributed by atoms with Crippen LogP contribution >= 0.6 is 0 Å². The summed E-state index contributed by atoms with van der Waals surface area (Å²) in [6.45, 7) is 1.18. The van der Waals surface area contributed by atoms with Crippen molar-refractivity contribution < 1.29 is 9.53 Å². The van der Waals surface area contributed by atoms with E-state index in [0.29, 0.717) is 24.4 Å². The van der Waals surface area contributed by atoms with Gasteiger partial charge in [0.1, 0.15) is 0 Å². The first-order valence-electron chi connectivity index (χ1n) is 8.20. The number of rotatable bonds is 5. The second kappa shape index (κ2) is 6.49. The summed E-state index contributed by atoms with van der Waals surface area (Å²) in [7, 11) is 1.65. The molecule has 4 aromatic rings. The van der Waals surface area contributed by atoms with Gasteiger partial charge in [0, 0.05) is 38.0 Å². The minimum Gasteiger partial charge on any atom is -0.385 e. The molecule has 0 spiro atoms. The Hall–Kier alpha value is -2.99. The van der Waals surface area contributed by atoms with Gasteiger partial charge in [-0.25, -0.2) is 4.98 Å². The van der Waals surface area contributed by atoms with Gasteiger partial charge in [-0.3, -0.25) is 14.2 Å². The molecule has 0 radical (unpaired) electrons. The zero-order chi connectivity index (χ0) is 17.2. The number of nitrogens with zero attached hydrogens (tertiary/aromatic N) is 3. The van der Waals surface area contributed by atoms with E-state index in [1.165, 1.54) is 0 Å². The Morgan fingerprint density at radius 3 is 3.00 bits per heavy atom. The van der Waals surface area contributed by atoms with Crippen molar-refractivity contribution >= 4 is 33.5 Å². The first-order valence-corrected chi connectivity index (χ1v) is 8.20. The molecule has 0 saturated carbocycles. The maximum atomic E-state index is 12.7. The number of fused-ring (bicyclic) bond motifs is 5. The third-order valence-electron chi connectivity index (χ3n) is 4.23. The molecule has 3 heterocycles. The van der Waals surface area contributed by atoms with Crippen LogP contribution in [0.4, 0.5) is 0 Å². The maximum Gasteiger partial charge on any atom is 0.255 e. The van der Waals surface area contributed by atoms with Crippen LogP contribution in [-0.4, -0.2) is 40.5 Å². The fourth-order valence-electron chi connectivity index (χ4n) is 3.07. The number of pyridine rings is 2. The van der Waals surface area contributed by atoms with E-state index >= 15 is 0 Å². The fraction of sp³-hybridized carbons (Fsp3) is 0.211. The van der Waals surface area contributed by atoms with Crippen LogP contribution in [0.1, 0.15) is 16.8 Å². The highest BCUT2D eigenvalue weighted by Crippen LogP contribution is 2.25. The van der Waals surface area contributed by atoms with Crippen LogP contribution in [0.2, 0.25) is 0 Å². The predicted octanol–water partition coefficient (Wildman–Crippen LogP) is 2.80. The number of amides is 1. The van der Waals surface area contributed by atoms with Crippen LogP contribution < -0.4 is 5.32 Å². The first-order chi connectivity index (χ1) is 12.3. The van der Waals surface area contributed by atoms with E-state index in [0.717, 1.165) is 28.4 Å². The highest BCUT2D eigenvalue weighted by atomic mass is 16.5. The molecule has 1 aromatic carbocycles. The molecule has 6 nitrogen and oxygen atoms in total. The molecule has 0 atom stereocenters. The standard InChI is InChI=1S/C19H18N4O2/c1-25-10-4-8-21-19(24)14-11-13-12-20-9-7-16(13)23-17-6-3-2-5-15(17)22-18(14)23/h2-3,5-7,9,11-12H,4,8,10H2,1H3,(H,21,24). The molecule has 3 aromatic heterocycles. The van der Waals surface area contributed by atoms with Crippen molar-refractivity contribution in [2.45, 2.75) is 6.42 Å². The van der Waals surface area contributed by atoms with Gasteiger partial charge in [-0.05, 0) is 30.7 Å². The third-order valence-corrected chi connectivity index (χ3v) is 4.23. The lowest BCUT2D eigenvalue weighted by molar-refractivity contribution is 0.0950. The van der Waals surface area contributed by atoms with Crippen LogP contribution in [0.25, 0.3) is 27.6 Å². The van der Waals surface area contributed by atoms with Crippen LogP contribution in [0.15, 0.2) is 48.8 Å². The van der Waals surface area contributed by atoms with Crippen molar-refractivity contribution in [2.24, 2.45) is 0 Å². The Bertz CT molecular complexity index is 1070. The Kier molecular flexibility index (Phi) is 4.03. The molecular formula is C19H18N4O2. The van der Waals surface area contributed by atoms with Gasteiger partial charge in [-0.15, -0.1) is 0 Å². The smallest absolute Gasteiger partial charge is 0.255 e. The molecule has 6 heteroatoms. The molecule has 126 valence electrons. The first kappa shape index (κ1) is 15.5. The molecule has 0 aliphatic carbocycles. The Balaban J connectivity index is 1.89. The van der Waals surface area contributed by atoms with Crippen molar-refractivity contribution in [3.63, 3.8) is 0 Å². The number of aromatic nitrogens is 3. The van der Waals surface area contributed by atoms with Gasteiger partial charge in [-0.2, -0.15) is 0 Å². The van der Waals surface area contributed by atoms with Gasteiger partial charge in [-0.1, -0.05) is 12.1 Å². The van der Waals surface area contributed by atoms with Crippen LogP contribution in [-0.2, 0) is 4.74 Å². The number of carbonyl (C=O) groups excluding carboxylic acids is 1. The number of ether oxygens (including phenoxy) is 1. The Morgan fingerprint density at radius 1 is 1.24 bits per heavy atom. The largest absolute Gasteiger partial charge is 0.385 e. The van der Waals surface area contributed by atoms with E-state index < -0.39 is 0 Å². The van der Waals surface area contributed by atoms with Gasteiger partial charge in [0.05, 0.1) is 22.1 Å². The molecule has 25 heavy (non-hydrogen) atoms. The average molecular weight is 334 g/mol. The van der Waals surface area contributed by atoms with Crippen LogP contribution in [0.5, 0.6) is 0 Å². The number of methoxy groups -OCH3 is 1. The Labute approximate surface area is 144 Å². The number of carbonyl (C=O) groups is 1. The van der Waals surface area contributed by atoms with E-state index in [1.54, 1.807) is 19.5 Å². The van der Waals surface area contributed by atoms with Crippen molar-refractivity contribution in [3.05, 3.63) is 54.4 Å². The summed E-state index contributed by atoms with van der Waals surface area (Å²) in [5.41, 5.74) is 4.02. The summed E-state index contributed by atoms with van der Waals surface area (Å²) < 4.78 is 7.05. The molecule has 1 amide bonds. The van der Waals surface area contributed by atoms with Crippen molar-refractivity contribution in [2.75, 3.05) is 20.3 Å². The summed E-state index contributed by atoms with van der Waals surface area (Å²) in [6, 6.07) is 11.7. The average Bonchev–Trinajstić information content (AvgIpc) is 3.04. The molecular weight excluding hydrogens is 316 g/mol. The normalized spacial score (nSPS) is 11.4. The van der Waals surface area contributed by atoms with E-state index in [9.17, 15) is 4.79 Å². The maximum absolute atomic E-state index is 12.7. The lowest BCUT2D eigenvalue weighted by Gasteiger charge is -2.09. The number of benzene rings is 1. The van der Waals surface area contributed by atoms with Crippen molar-refractivity contribution in [3.8, 4) is 0 Å². The highest BCUT2D eigenvalue weighted by molar-refractivity contribution is 6.05. The zero-order valence-electron chi connectivity index (χ0n) is 13.9. The molecule has 0 unspecified atom stereocenters. The molecule has 4 rings (SSSR count). The summed E-state index contributed by atoms with van der Waals surface area (Å²) in [4.78, 5) is 21.6. The zero-order valence-corrected chi connectivity index (χ0v) is 13.9. The van der Waals surface area contributed by atoms with Gasteiger partial charge >= 0.3 is 0 Å². The van der Waals surface area contributed by atoms with Crippen LogP contribution in [0, 0.1) is 0 Å². The predicted molar refractivity (Wildman–Crippen MR) is 96.8 cm³/mol. The fourth-order valence-corrected chi connectivity index (χ4v) is 3.07. The number of imidazole rings is 1. The van der Waals surface area contributed by atoms with Crippen LogP contribution in [0.3, 0.4) is 0 Å². The molecule has 0 fully saturated rings. The minimum atomic E-state index is -0.137. The van der Waals surface area contributed by atoms with Crippen molar-refractivity contribution in [1.29, 1.82) is 0 Å². The van der Waals surface area contributed by atoms with E-state index in [4.69, 9.17) is 4.74 Å². The van der Waals surface area contributed by atoms with E-state index in [2.05, 4.69) is 15.3 Å². The molecule has 1 N–H and O–H groups in total. The molecule has 0 aliphatic heterocycles. The summed E-state index contributed by atoms with van der Waals surface area (Å²) >= 11 is 0. The van der Waals surface area contributed by atoms with Gasteiger partial charge in [0.2, 0.25) is 0 Å². The highest BCUT2D eigenvalue weighted by Gasteiger charge is 2.17. The third kappa shape index (κ3) is 2.70. The molecule has 0 saturated heterocycles. The summed E-state index contributed by atoms with van der Waals surface area (Å²) in [6.07, 6.45) is 4.29. The second-order valence-corrected chi connectivity index (χ2v) is 5.85. The molecule has 0 aliphatic rings. The van der Waals surface area contributed by atoms with Crippen molar-refractivity contribution in [1.82, 2.24) is 19.7 Å². The molecule has 0 bridgehead atoms. The lowest BCUT2D eigenvalue weighted by Crippen LogP contribution is -2.25. The number of para-hydroxylation sites is 2. The minimum absolute atomic E-state index is 0.137. The quantitative estimate of drug-likeness (QED) is 0.570. The lowest BCUT2D eigenvalue weighted by atomic mass is 10.1. The Morgan fingerprint density at radius 2 is 2.12 bits per heavy atom. The van der Waals surface area contributed by atoms with Gasteiger partial charge < -0.3 is 10.1 Å². The monoisotopic (exact) mass is 334 g/mol. The number of hydrogen-bond donors (Lipinski definition) is 1. The summed E-state index contributed by atoms with van der Waals surface area (Å²) in [5, 5.41) is 3.85.